The third-order valence-corrected chi connectivity index (χ3v) is 6.82. The molecular weight excluding hydrogens is 340 g/mol. The maximum absolute atomic E-state index is 12.1. The van der Waals surface area contributed by atoms with E-state index < -0.39 is 20.0 Å². The Kier molecular flexibility index (Phi) is 5.41. The zero-order chi connectivity index (χ0) is 17.1. The first-order valence-corrected chi connectivity index (χ1v) is 10.7. The number of methoxy groups -OCH3 is 1. The van der Waals surface area contributed by atoms with Crippen molar-refractivity contribution < 1.29 is 21.6 Å². The minimum absolute atomic E-state index is 0.0346. The van der Waals surface area contributed by atoms with Crippen LogP contribution in [0.5, 0.6) is 5.75 Å². The molecule has 1 saturated heterocycles. The van der Waals surface area contributed by atoms with Crippen molar-refractivity contribution in [3.8, 4) is 5.75 Å². The molecule has 1 aliphatic heterocycles. The van der Waals surface area contributed by atoms with E-state index in [1.165, 1.54) is 17.5 Å². The van der Waals surface area contributed by atoms with Crippen LogP contribution in [0.1, 0.15) is 26.2 Å². The number of nitrogens with one attached hydrogen (secondary N) is 1. The number of sulfonamides is 2. The lowest BCUT2D eigenvalue weighted by Crippen LogP contribution is -2.26. The van der Waals surface area contributed by atoms with Gasteiger partial charge in [-0.25, -0.2) is 16.8 Å². The number of rotatable bonds is 7. The van der Waals surface area contributed by atoms with E-state index in [1.807, 2.05) is 6.92 Å². The van der Waals surface area contributed by atoms with Crippen molar-refractivity contribution in [3.05, 3.63) is 18.2 Å². The smallest absolute Gasteiger partial charge is 0.235 e. The van der Waals surface area contributed by atoms with Crippen molar-refractivity contribution in [2.45, 2.75) is 26.2 Å². The third-order valence-electron chi connectivity index (χ3n) is 3.59. The number of ether oxygens (including phenoxy) is 1. The molecule has 9 heteroatoms. The number of benzene rings is 1. The van der Waals surface area contributed by atoms with Crippen molar-refractivity contribution in [2.24, 2.45) is 0 Å². The zero-order valence-corrected chi connectivity index (χ0v) is 14.9. The van der Waals surface area contributed by atoms with Gasteiger partial charge in [0.25, 0.3) is 0 Å². The predicted octanol–water partition coefficient (Wildman–Crippen LogP) is 1.78. The molecule has 130 valence electrons. The van der Waals surface area contributed by atoms with Crippen LogP contribution >= 0.6 is 0 Å². The van der Waals surface area contributed by atoms with E-state index in [1.54, 1.807) is 12.1 Å². The molecule has 1 aromatic rings. The summed E-state index contributed by atoms with van der Waals surface area (Å²) in [4.78, 5) is 0. The Bertz CT molecular complexity index is 759. The van der Waals surface area contributed by atoms with Gasteiger partial charge in [0.2, 0.25) is 20.0 Å². The average Bonchev–Trinajstić information content (AvgIpc) is 2.84. The number of anilines is 2. The highest BCUT2D eigenvalue weighted by Gasteiger charge is 2.30. The van der Waals surface area contributed by atoms with Crippen LogP contribution in [0.25, 0.3) is 0 Å². The molecule has 0 unspecified atom stereocenters. The topological polar surface area (TPSA) is 92.8 Å². The molecule has 1 fully saturated rings. The molecule has 0 bridgehead atoms. The molecule has 0 aliphatic carbocycles. The Morgan fingerprint density at radius 1 is 1.35 bits per heavy atom. The van der Waals surface area contributed by atoms with Crippen LogP contribution in [0.2, 0.25) is 0 Å². The van der Waals surface area contributed by atoms with Crippen LogP contribution in [0.3, 0.4) is 0 Å². The predicted molar refractivity (Wildman–Crippen MR) is 91.1 cm³/mol. The van der Waals surface area contributed by atoms with Gasteiger partial charge in [0, 0.05) is 6.54 Å². The van der Waals surface area contributed by atoms with E-state index in [2.05, 4.69) is 4.72 Å². The molecule has 0 spiro atoms. The molecule has 0 amide bonds. The average molecular weight is 362 g/mol. The summed E-state index contributed by atoms with van der Waals surface area (Å²) in [6.07, 6.45) is 1.89. The highest BCUT2D eigenvalue weighted by molar-refractivity contribution is 7.93. The first kappa shape index (κ1) is 17.9. The van der Waals surface area contributed by atoms with Crippen molar-refractivity contribution >= 4 is 31.4 Å². The summed E-state index contributed by atoms with van der Waals surface area (Å²) in [5.74, 6) is 0.516. The molecule has 2 rings (SSSR count). The Morgan fingerprint density at radius 2 is 2.09 bits per heavy atom. The molecule has 7 nitrogen and oxygen atoms in total. The van der Waals surface area contributed by atoms with Gasteiger partial charge in [-0.1, -0.05) is 13.3 Å². The van der Waals surface area contributed by atoms with E-state index in [9.17, 15) is 16.8 Å². The van der Waals surface area contributed by atoms with E-state index in [-0.39, 0.29) is 11.5 Å². The van der Waals surface area contributed by atoms with Gasteiger partial charge in [0.1, 0.15) is 5.75 Å². The van der Waals surface area contributed by atoms with Crippen molar-refractivity contribution in [1.29, 1.82) is 0 Å². The molecular formula is C14H22N2O5S2. The van der Waals surface area contributed by atoms with E-state index in [0.717, 1.165) is 6.42 Å². The largest absolute Gasteiger partial charge is 0.495 e. The minimum Gasteiger partial charge on any atom is -0.495 e. The molecule has 1 N–H and O–H groups in total. The molecule has 1 aliphatic rings. The fourth-order valence-corrected chi connectivity index (χ4v) is 5.24. The summed E-state index contributed by atoms with van der Waals surface area (Å²) in [5, 5.41) is 0. The quantitative estimate of drug-likeness (QED) is 0.798. The van der Waals surface area contributed by atoms with Gasteiger partial charge in [-0.15, -0.1) is 0 Å². The van der Waals surface area contributed by atoms with E-state index in [4.69, 9.17) is 4.74 Å². The first-order chi connectivity index (χ1) is 10.8. The van der Waals surface area contributed by atoms with Crippen LogP contribution in [0.15, 0.2) is 18.2 Å². The van der Waals surface area contributed by atoms with Crippen LogP contribution in [-0.2, 0) is 20.0 Å². The Labute approximate surface area is 137 Å². The van der Waals surface area contributed by atoms with Gasteiger partial charge < -0.3 is 4.74 Å². The SMILES string of the molecule is CCCCS(=O)(=O)Nc1ccc(OC)c(N2CCCS2(=O)=O)c1. The Balaban J connectivity index is 2.33. The maximum atomic E-state index is 12.1. The maximum Gasteiger partial charge on any atom is 0.235 e. The van der Waals surface area contributed by atoms with E-state index >= 15 is 0 Å². The van der Waals surface area contributed by atoms with Crippen LogP contribution < -0.4 is 13.8 Å². The van der Waals surface area contributed by atoms with Crippen molar-refractivity contribution in [2.75, 3.05) is 34.2 Å². The van der Waals surface area contributed by atoms with Gasteiger partial charge in [0.15, 0.2) is 0 Å². The van der Waals surface area contributed by atoms with Gasteiger partial charge >= 0.3 is 0 Å². The Morgan fingerprint density at radius 3 is 2.65 bits per heavy atom. The summed E-state index contributed by atoms with van der Waals surface area (Å²) < 4.78 is 57.2. The van der Waals surface area contributed by atoms with Gasteiger partial charge in [-0.05, 0) is 31.0 Å². The minimum atomic E-state index is -3.44. The first-order valence-electron chi connectivity index (χ1n) is 7.48. The summed E-state index contributed by atoms with van der Waals surface area (Å²) in [6, 6.07) is 4.64. The number of unbranched alkanes of at least 4 members (excludes halogenated alkanes) is 1. The van der Waals surface area contributed by atoms with Crippen LogP contribution in [0.4, 0.5) is 11.4 Å². The molecule has 0 atom stereocenters. The second-order valence-corrected chi connectivity index (χ2v) is 9.26. The van der Waals surface area contributed by atoms with Gasteiger partial charge in [0.05, 0.1) is 30.0 Å². The normalized spacial score (nSPS) is 17.2. The molecule has 0 saturated carbocycles. The monoisotopic (exact) mass is 362 g/mol. The lowest BCUT2D eigenvalue weighted by molar-refractivity contribution is 0.415. The molecule has 23 heavy (non-hydrogen) atoms. The third kappa shape index (κ3) is 4.29. The summed E-state index contributed by atoms with van der Waals surface area (Å²) in [5.41, 5.74) is 0.694. The fourth-order valence-electron chi connectivity index (χ4n) is 2.42. The number of hydrogen-bond acceptors (Lipinski definition) is 5. The van der Waals surface area contributed by atoms with Crippen LogP contribution in [0, 0.1) is 0 Å². The summed E-state index contributed by atoms with van der Waals surface area (Å²) in [6.45, 7) is 2.28. The fraction of sp³-hybridized carbons (Fsp3) is 0.571. The molecule has 0 radical (unpaired) electrons. The lowest BCUT2D eigenvalue weighted by Gasteiger charge is -2.21. The highest BCUT2D eigenvalue weighted by Crippen LogP contribution is 2.35. The van der Waals surface area contributed by atoms with Crippen LogP contribution in [-0.4, -0.2) is 42.0 Å². The summed E-state index contributed by atoms with van der Waals surface area (Å²) in [7, 11) is -5.36. The highest BCUT2D eigenvalue weighted by atomic mass is 32.2. The second-order valence-electron chi connectivity index (χ2n) is 5.40. The standard InChI is InChI=1S/C14H22N2O5S2/c1-3-4-9-22(17,18)15-12-6-7-14(21-2)13(11-12)16-8-5-10-23(16,19)20/h6-7,11,15H,3-5,8-10H2,1-2H3. The zero-order valence-electron chi connectivity index (χ0n) is 13.3. The Hall–Kier alpha value is -1.48. The second kappa shape index (κ2) is 6.96. The van der Waals surface area contributed by atoms with E-state index in [0.29, 0.717) is 36.5 Å². The molecule has 1 aromatic carbocycles. The van der Waals surface area contributed by atoms with Gasteiger partial charge in [-0.2, -0.15) is 0 Å². The molecule has 0 aromatic heterocycles. The van der Waals surface area contributed by atoms with Gasteiger partial charge in [-0.3, -0.25) is 9.03 Å². The lowest BCUT2D eigenvalue weighted by atomic mass is 10.2. The number of nitrogens with zero attached hydrogens (tertiary/aromatic N) is 1. The molecule has 1 heterocycles. The van der Waals surface area contributed by atoms with Crippen molar-refractivity contribution in [3.63, 3.8) is 0 Å². The summed E-state index contributed by atoms with van der Waals surface area (Å²) >= 11 is 0. The number of hydrogen-bond donors (Lipinski definition) is 1. The van der Waals surface area contributed by atoms with Crippen molar-refractivity contribution in [1.82, 2.24) is 0 Å².